The van der Waals surface area contributed by atoms with E-state index in [0.29, 0.717) is 6.04 Å². The van der Waals surface area contributed by atoms with E-state index in [0.717, 1.165) is 35.4 Å². The van der Waals surface area contributed by atoms with E-state index in [1.165, 1.54) is 6.42 Å². The van der Waals surface area contributed by atoms with Crippen molar-refractivity contribution in [3.8, 4) is 0 Å². The van der Waals surface area contributed by atoms with Crippen molar-refractivity contribution in [2.24, 2.45) is 5.92 Å². The van der Waals surface area contributed by atoms with Crippen LogP contribution in [-0.2, 0) is 6.54 Å². The van der Waals surface area contributed by atoms with Gasteiger partial charge in [-0.05, 0) is 37.9 Å². The van der Waals surface area contributed by atoms with Crippen molar-refractivity contribution < 1.29 is 0 Å². The minimum Gasteiger partial charge on any atom is -0.352 e. The van der Waals surface area contributed by atoms with E-state index < -0.39 is 0 Å². The Kier molecular flexibility index (Phi) is 3.89. The Morgan fingerprint density at radius 3 is 2.82 bits per heavy atom. The molecule has 0 amide bonds. The summed E-state index contributed by atoms with van der Waals surface area (Å²) in [7, 11) is 1.92. The molecule has 3 nitrogen and oxygen atoms in total. The summed E-state index contributed by atoms with van der Waals surface area (Å²) in [5.41, 5.74) is 1.13. The van der Waals surface area contributed by atoms with Gasteiger partial charge in [0.25, 0.3) is 0 Å². The van der Waals surface area contributed by atoms with Gasteiger partial charge in [-0.1, -0.05) is 18.5 Å². The van der Waals surface area contributed by atoms with Gasteiger partial charge in [-0.15, -0.1) is 0 Å². The SMILES string of the molecule is CNCc1cnc(N2CC(C)CC2C)c(Cl)c1. The van der Waals surface area contributed by atoms with E-state index in [9.17, 15) is 0 Å². The van der Waals surface area contributed by atoms with Gasteiger partial charge in [0.15, 0.2) is 0 Å². The summed E-state index contributed by atoms with van der Waals surface area (Å²) in [5, 5.41) is 3.87. The van der Waals surface area contributed by atoms with Crippen LogP contribution in [0.2, 0.25) is 5.02 Å². The second kappa shape index (κ2) is 5.23. The molecule has 2 rings (SSSR count). The molecule has 1 N–H and O–H groups in total. The van der Waals surface area contributed by atoms with Gasteiger partial charge >= 0.3 is 0 Å². The van der Waals surface area contributed by atoms with Crippen LogP contribution in [0.3, 0.4) is 0 Å². The lowest BCUT2D eigenvalue weighted by molar-refractivity contribution is 0.625. The van der Waals surface area contributed by atoms with Gasteiger partial charge in [0.1, 0.15) is 5.82 Å². The number of aromatic nitrogens is 1. The molecule has 1 aromatic heterocycles. The topological polar surface area (TPSA) is 28.2 Å². The highest BCUT2D eigenvalue weighted by Crippen LogP contribution is 2.32. The van der Waals surface area contributed by atoms with Crippen LogP contribution in [0.5, 0.6) is 0 Å². The molecule has 0 radical (unpaired) electrons. The second-order valence-corrected chi connectivity index (χ2v) is 5.43. The van der Waals surface area contributed by atoms with E-state index in [1.807, 2.05) is 19.3 Å². The lowest BCUT2D eigenvalue weighted by Crippen LogP contribution is -2.28. The number of pyridine rings is 1. The van der Waals surface area contributed by atoms with Gasteiger partial charge in [0.05, 0.1) is 5.02 Å². The van der Waals surface area contributed by atoms with Crippen LogP contribution < -0.4 is 10.2 Å². The first-order valence-electron chi connectivity index (χ1n) is 6.17. The van der Waals surface area contributed by atoms with Crippen LogP contribution >= 0.6 is 11.6 Å². The predicted molar refractivity (Wildman–Crippen MR) is 72.6 cm³/mol. The standard InChI is InChI=1S/C13H20ClN3/c1-9-4-10(2)17(8-9)13-12(14)5-11(6-15-3)7-16-13/h5,7,9-10,15H,4,6,8H2,1-3H3. The molecule has 1 fully saturated rings. The number of halogens is 1. The Hall–Kier alpha value is -0.800. The van der Waals surface area contributed by atoms with Crippen LogP contribution in [-0.4, -0.2) is 24.6 Å². The molecule has 1 aliphatic rings. The third kappa shape index (κ3) is 2.72. The van der Waals surface area contributed by atoms with E-state index in [-0.39, 0.29) is 0 Å². The summed E-state index contributed by atoms with van der Waals surface area (Å²) < 4.78 is 0. The van der Waals surface area contributed by atoms with Crippen LogP contribution in [0.1, 0.15) is 25.8 Å². The molecule has 2 atom stereocenters. The fourth-order valence-corrected chi connectivity index (χ4v) is 2.87. The second-order valence-electron chi connectivity index (χ2n) is 5.02. The van der Waals surface area contributed by atoms with Crippen molar-refractivity contribution in [1.29, 1.82) is 0 Å². The van der Waals surface area contributed by atoms with Crippen molar-refractivity contribution in [1.82, 2.24) is 10.3 Å². The monoisotopic (exact) mass is 253 g/mol. The smallest absolute Gasteiger partial charge is 0.147 e. The Bertz CT molecular complexity index is 394. The van der Waals surface area contributed by atoms with Gasteiger partial charge in [0.2, 0.25) is 0 Å². The normalized spacial score (nSPS) is 24.4. The summed E-state index contributed by atoms with van der Waals surface area (Å²) in [5.74, 6) is 1.66. The molecule has 0 aromatic carbocycles. The van der Waals surface area contributed by atoms with Gasteiger partial charge in [-0.3, -0.25) is 0 Å². The molecular formula is C13H20ClN3. The molecule has 1 saturated heterocycles. The fourth-order valence-electron chi connectivity index (χ4n) is 2.58. The highest BCUT2D eigenvalue weighted by atomic mass is 35.5. The highest BCUT2D eigenvalue weighted by molar-refractivity contribution is 6.33. The van der Waals surface area contributed by atoms with Crippen molar-refractivity contribution in [2.75, 3.05) is 18.5 Å². The molecular weight excluding hydrogens is 234 g/mol. The first kappa shape index (κ1) is 12.7. The Morgan fingerprint density at radius 2 is 2.29 bits per heavy atom. The molecule has 0 spiro atoms. The summed E-state index contributed by atoms with van der Waals surface area (Å²) in [6, 6.07) is 2.54. The van der Waals surface area contributed by atoms with E-state index in [1.54, 1.807) is 0 Å². The molecule has 1 aromatic rings. The zero-order chi connectivity index (χ0) is 12.4. The molecule has 17 heavy (non-hydrogen) atoms. The molecule has 0 saturated carbocycles. The Labute approximate surface area is 108 Å². The molecule has 0 aliphatic carbocycles. The molecule has 1 aliphatic heterocycles. The van der Waals surface area contributed by atoms with Crippen LogP contribution in [0.4, 0.5) is 5.82 Å². The van der Waals surface area contributed by atoms with Gasteiger partial charge in [-0.25, -0.2) is 4.98 Å². The van der Waals surface area contributed by atoms with Crippen molar-refractivity contribution in [3.63, 3.8) is 0 Å². The zero-order valence-electron chi connectivity index (χ0n) is 10.7. The summed E-state index contributed by atoms with van der Waals surface area (Å²) in [6.07, 6.45) is 3.13. The number of anilines is 1. The van der Waals surface area contributed by atoms with Crippen LogP contribution in [0, 0.1) is 5.92 Å². The highest BCUT2D eigenvalue weighted by Gasteiger charge is 2.28. The minimum atomic E-state index is 0.533. The van der Waals surface area contributed by atoms with Gasteiger partial charge in [-0.2, -0.15) is 0 Å². The maximum absolute atomic E-state index is 6.33. The van der Waals surface area contributed by atoms with Gasteiger partial charge in [0, 0.05) is 25.3 Å². The zero-order valence-corrected chi connectivity index (χ0v) is 11.5. The molecule has 2 heterocycles. The number of hydrogen-bond acceptors (Lipinski definition) is 3. The third-order valence-electron chi connectivity index (χ3n) is 3.32. The lowest BCUT2D eigenvalue weighted by Gasteiger charge is -2.23. The minimum absolute atomic E-state index is 0.533. The van der Waals surface area contributed by atoms with Gasteiger partial charge < -0.3 is 10.2 Å². The number of hydrogen-bond donors (Lipinski definition) is 1. The summed E-state index contributed by atoms with van der Waals surface area (Å²) in [4.78, 5) is 6.83. The average molecular weight is 254 g/mol. The maximum Gasteiger partial charge on any atom is 0.147 e. The number of nitrogens with one attached hydrogen (secondary N) is 1. The predicted octanol–water partition coefficient (Wildman–Crippen LogP) is 2.69. The maximum atomic E-state index is 6.33. The molecule has 0 bridgehead atoms. The Balaban J connectivity index is 2.21. The molecule has 2 unspecified atom stereocenters. The average Bonchev–Trinajstić information content (AvgIpc) is 2.58. The van der Waals surface area contributed by atoms with Crippen molar-refractivity contribution in [2.45, 2.75) is 32.9 Å². The largest absolute Gasteiger partial charge is 0.352 e. The fraction of sp³-hybridized carbons (Fsp3) is 0.615. The first-order chi connectivity index (χ1) is 8.11. The summed E-state index contributed by atoms with van der Waals surface area (Å²) in [6.45, 7) is 6.38. The summed E-state index contributed by atoms with van der Waals surface area (Å²) >= 11 is 6.33. The van der Waals surface area contributed by atoms with Crippen molar-refractivity contribution >= 4 is 17.4 Å². The van der Waals surface area contributed by atoms with E-state index in [2.05, 4.69) is 29.0 Å². The Morgan fingerprint density at radius 1 is 1.53 bits per heavy atom. The van der Waals surface area contributed by atoms with E-state index in [4.69, 9.17) is 11.6 Å². The molecule has 94 valence electrons. The first-order valence-corrected chi connectivity index (χ1v) is 6.55. The quantitative estimate of drug-likeness (QED) is 0.898. The van der Waals surface area contributed by atoms with Crippen LogP contribution in [0.15, 0.2) is 12.3 Å². The van der Waals surface area contributed by atoms with Crippen LogP contribution in [0.25, 0.3) is 0 Å². The van der Waals surface area contributed by atoms with Crippen molar-refractivity contribution in [3.05, 3.63) is 22.8 Å². The molecule has 4 heteroatoms. The third-order valence-corrected chi connectivity index (χ3v) is 3.59. The van der Waals surface area contributed by atoms with E-state index >= 15 is 0 Å². The lowest BCUT2D eigenvalue weighted by atomic mass is 10.1. The number of rotatable bonds is 3. The number of nitrogens with zero attached hydrogens (tertiary/aromatic N) is 2.